The van der Waals surface area contributed by atoms with E-state index in [4.69, 9.17) is 15.8 Å². The Morgan fingerprint density at radius 3 is 2.90 bits per heavy atom. The second-order valence-corrected chi connectivity index (χ2v) is 4.54. The summed E-state index contributed by atoms with van der Waals surface area (Å²) < 4.78 is 5.91. The van der Waals surface area contributed by atoms with Crippen LogP contribution in [0.25, 0.3) is 0 Å². The van der Waals surface area contributed by atoms with Crippen LogP contribution < -0.4 is 21.3 Å². The van der Waals surface area contributed by atoms with Crippen LogP contribution in [0.3, 0.4) is 0 Å². The van der Waals surface area contributed by atoms with Crippen molar-refractivity contribution < 1.29 is 4.74 Å². The number of hydrazine groups is 1. The molecular weight excluding hydrogens is 324 g/mol. The SMILES string of the molecule is COc1cc(C#N)ccc1Nc1nc(NN)ncc1Br. The monoisotopic (exact) mass is 334 g/mol. The minimum absolute atomic E-state index is 0.281. The predicted octanol–water partition coefficient (Wildman–Crippen LogP) is 2.15. The van der Waals surface area contributed by atoms with Crippen LogP contribution in [0.15, 0.2) is 28.9 Å². The zero-order valence-corrected chi connectivity index (χ0v) is 12.1. The van der Waals surface area contributed by atoms with Gasteiger partial charge in [-0.25, -0.2) is 10.8 Å². The van der Waals surface area contributed by atoms with E-state index in [1.54, 1.807) is 24.4 Å². The Morgan fingerprint density at radius 2 is 2.25 bits per heavy atom. The zero-order chi connectivity index (χ0) is 14.5. The predicted molar refractivity (Wildman–Crippen MR) is 78.5 cm³/mol. The van der Waals surface area contributed by atoms with E-state index in [2.05, 4.69) is 42.7 Å². The number of nitrogens with one attached hydrogen (secondary N) is 2. The third kappa shape index (κ3) is 2.96. The lowest BCUT2D eigenvalue weighted by molar-refractivity contribution is 0.416. The molecule has 0 saturated carbocycles. The molecular formula is C12H11BrN6O. The number of nitrogen functional groups attached to an aromatic ring is 1. The maximum absolute atomic E-state index is 8.87. The number of rotatable bonds is 4. The molecule has 0 aliphatic rings. The molecule has 0 saturated heterocycles. The summed E-state index contributed by atoms with van der Waals surface area (Å²) in [6.45, 7) is 0. The Bertz CT molecular complexity index is 669. The molecule has 0 aliphatic carbocycles. The molecule has 20 heavy (non-hydrogen) atoms. The quantitative estimate of drug-likeness (QED) is 0.580. The van der Waals surface area contributed by atoms with Crippen LogP contribution >= 0.6 is 15.9 Å². The summed E-state index contributed by atoms with van der Waals surface area (Å²) in [7, 11) is 1.53. The molecule has 8 heteroatoms. The van der Waals surface area contributed by atoms with Crippen molar-refractivity contribution >= 4 is 33.4 Å². The number of hydrogen-bond donors (Lipinski definition) is 3. The Kier molecular flexibility index (Phi) is 4.34. The van der Waals surface area contributed by atoms with Crippen molar-refractivity contribution in [1.82, 2.24) is 9.97 Å². The van der Waals surface area contributed by atoms with Gasteiger partial charge in [-0.2, -0.15) is 10.2 Å². The van der Waals surface area contributed by atoms with Crippen molar-refractivity contribution in [2.45, 2.75) is 0 Å². The minimum atomic E-state index is 0.281. The molecule has 0 aliphatic heterocycles. The Labute approximate surface area is 123 Å². The molecule has 0 bridgehead atoms. The van der Waals surface area contributed by atoms with Gasteiger partial charge in [-0.05, 0) is 28.1 Å². The van der Waals surface area contributed by atoms with Crippen LogP contribution in [0, 0.1) is 11.3 Å². The average molecular weight is 335 g/mol. The van der Waals surface area contributed by atoms with Crippen molar-refractivity contribution in [3.8, 4) is 11.8 Å². The molecule has 102 valence electrons. The molecule has 0 unspecified atom stereocenters. The summed E-state index contributed by atoms with van der Waals surface area (Å²) >= 11 is 3.34. The molecule has 0 radical (unpaired) electrons. The van der Waals surface area contributed by atoms with Gasteiger partial charge in [0, 0.05) is 12.3 Å². The molecule has 0 amide bonds. The molecule has 4 N–H and O–H groups in total. The number of methoxy groups -OCH3 is 1. The smallest absolute Gasteiger partial charge is 0.239 e. The first kappa shape index (κ1) is 14.0. The summed E-state index contributed by atoms with van der Waals surface area (Å²) in [4.78, 5) is 8.14. The van der Waals surface area contributed by atoms with Crippen LogP contribution in [0.1, 0.15) is 5.56 Å². The third-order valence-electron chi connectivity index (χ3n) is 2.46. The average Bonchev–Trinajstić information content (AvgIpc) is 2.49. The largest absolute Gasteiger partial charge is 0.495 e. The van der Waals surface area contributed by atoms with Gasteiger partial charge in [0.05, 0.1) is 28.9 Å². The number of hydrogen-bond acceptors (Lipinski definition) is 7. The van der Waals surface area contributed by atoms with Gasteiger partial charge < -0.3 is 10.1 Å². The highest BCUT2D eigenvalue weighted by atomic mass is 79.9. The number of nitrogens with two attached hydrogens (primary N) is 1. The Hall–Kier alpha value is -2.37. The highest BCUT2D eigenvalue weighted by Crippen LogP contribution is 2.30. The van der Waals surface area contributed by atoms with Gasteiger partial charge in [0.25, 0.3) is 0 Å². The zero-order valence-electron chi connectivity index (χ0n) is 10.5. The molecule has 2 rings (SSSR count). The molecule has 2 aromatic rings. The maximum atomic E-state index is 8.87. The van der Waals surface area contributed by atoms with Crippen LogP contribution in [-0.2, 0) is 0 Å². The van der Waals surface area contributed by atoms with Crippen LogP contribution in [0.4, 0.5) is 17.5 Å². The van der Waals surface area contributed by atoms with Gasteiger partial charge in [-0.3, -0.25) is 5.43 Å². The highest BCUT2D eigenvalue weighted by Gasteiger charge is 2.09. The van der Waals surface area contributed by atoms with E-state index in [1.807, 2.05) is 0 Å². The van der Waals surface area contributed by atoms with Gasteiger partial charge in [-0.1, -0.05) is 0 Å². The summed E-state index contributed by atoms with van der Waals surface area (Å²) in [5.74, 6) is 6.62. The van der Waals surface area contributed by atoms with E-state index in [9.17, 15) is 0 Å². The normalized spacial score (nSPS) is 9.70. The molecule has 1 aromatic heterocycles. The highest BCUT2D eigenvalue weighted by molar-refractivity contribution is 9.10. The van der Waals surface area contributed by atoms with Crippen LogP contribution in [-0.4, -0.2) is 17.1 Å². The van der Waals surface area contributed by atoms with Crippen molar-refractivity contribution in [1.29, 1.82) is 5.26 Å². The van der Waals surface area contributed by atoms with E-state index in [0.29, 0.717) is 27.3 Å². The van der Waals surface area contributed by atoms with Gasteiger partial charge in [0.15, 0.2) is 5.82 Å². The molecule has 1 aromatic carbocycles. The lowest BCUT2D eigenvalue weighted by Crippen LogP contribution is -2.11. The molecule has 1 heterocycles. The van der Waals surface area contributed by atoms with Crippen LogP contribution in [0.5, 0.6) is 5.75 Å². The van der Waals surface area contributed by atoms with E-state index in [0.717, 1.165) is 0 Å². The fourth-order valence-corrected chi connectivity index (χ4v) is 1.81. The first-order valence-electron chi connectivity index (χ1n) is 5.52. The van der Waals surface area contributed by atoms with Crippen molar-refractivity contribution in [2.24, 2.45) is 5.84 Å². The standard InChI is InChI=1S/C12H11BrN6O/c1-20-10-4-7(5-14)2-3-9(10)17-11-8(13)6-16-12(18-11)19-15/h2-4,6H,15H2,1H3,(H2,16,17,18,19). The first-order chi connectivity index (χ1) is 9.67. The molecule has 7 nitrogen and oxygen atoms in total. The number of halogens is 1. The fraction of sp³-hybridized carbons (Fsp3) is 0.0833. The maximum Gasteiger partial charge on any atom is 0.239 e. The van der Waals surface area contributed by atoms with Gasteiger partial charge in [-0.15, -0.1) is 0 Å². The van der Waals surface area contributed by atoms with Gasteiger partial charge in [0.2, 0.25) is 5.95 Å². The summed E-state index contributed by atoms with van der Waals surface area (Å²) in [5, 5.41) is 12.0. The molecule has 0 spiro atoms. The summed E-state index contributed by atoms with van der Waals surface area (Å²) in [6, 6.07) is 7.11. The van der Waals surface area contributed by atoms with E-state index in [1.165, 1.54) is 7.11 Å². The third-order valence-corrected chi connectivity index (χ3v) is 3.04. The summed E-state index contributed by atoms with van der Waals surface area (Å²) in [6.07, 6.45) is 1.57. The fourth-order valence-electron chi connectivity index (χ4n) is 1.52. The minimum Gasteiger partial charge on any atom is -0.495 e. The number of benzene rings is 1. The van der Waals surface area contributed by atoms with E-state index in [-0.39, 0.29) is 5.95 Å². The summed E-state index contributed by atoms with van der Waals surface area (Å²) in [5.41, 5.74) is 3.56. The van der Waals surface area contributed by atoms with Crippen molar-refractivity contribution in [3.05, 3.63) is 34.4 Å². The van der Waals surface area contributed by atoms with E-state index < -0.39 is 0 Å². The topological polar surface area (TPSA) is 109 Å². The second-order valence-electron chi connectivity index (χ2n) is 3.69. The number of nitriles is 1. The van der Waals surface area contributed by atoms with E-state index >= 15 is 0 Å². The first-order valence-corrected chi connectivity index (χ1v) is 6.31. The second kappa shape index (κ2) is 6.18. The number of aromatic nitrogens is 2. The Morgan fingerprint density at radius 1 is 1.45 bits per heavy atom. The molecule has 0 fully saturated rings. The number of ether oxygens (including phenoxy) is 1. The number of anilines is 3. The van der Waals surface area contributed by atoms with Crippen molar-refractivity contribution in [2.75, 3.05) is 17.9 Å². The molecule has 0 atom stereocenters. The Balaban J connectivity index is 2.37. The van der Waals surface area contributed by atoms with Gasteiger partial charge >= 0.3 is 0 Å². The number of nitrogens with zero attached hydrogens (tertiary/aromatic N) is 3. The van der Waals surface area contributed by atoms with Gasteiger partial charge in [0.1, 0.15) is 5.75 Å². The van der Waals surface area contributed by atoms with Crippen LogP contribution in [0.2, 0.25) is 0 Å². The lowest BCUT2D eigenvalue weighted by atomic mass is 10.2. The van der Waals surface area contributed by atoms with Crippen molar-refractivity contribution in [3.63, 3.8) is 0 Å². The lowest BCUT2D eigenvalue weighted by Gasteiger charge is -2.12.